The van der Waals surface area contributed by atoms with Gasteiger partial charge in [-0.3, -0.25) is 9.48 Å². The second-order valence-electron chi connectivity index (χ2n) is 3.64. The third kappa shape index (κ3) is 2.15. The van der Waals surface area contributed by atoms with Crippen molar-refractivity contribution < 1.29 is 13.9 Å². The van der Waals surface area contributed by atoms with Gasteiger partial charge in [-0.15, -0.1) is 0 Å². The fourth-order valence-corrected chi connectivity index (χ4v) is 1.85. The van der Waals surface area contributed by atoms with Gasteiger partial charge < -0.3 is 4.74 Å². The summed E-state index contributed by atoms with van der Waals surface area (Å²) in [6, 6.07) is 4.21. The number of methoxy groups -OCH3 is 1. The highest BCUT2D eigenvalue weighted by molar-refractivity contribution is 9.10. The maximum Gasteiger partial charge on any atom is 0.214 e. The minimum atomic E-state index is -0.484. The van der Waals surface area contributed by atoms with Crippen molar-refractivity contribution in [2.45, 2.75) is 0 Å². The highest BCUT2D eigenvalue weighted by atomic mass is 79.9. The van der Waals surface area contributed by atoms with Crippen molar-refractivity contribution in [1.82, 2.24) is 9.78 Å². The molecule has 0 bridgehead atoms. The van der Waals surface area contributed by atoms with Crippen LogP contribution in [0.2, 0.25) is 0 Å². The number of hydrogen-bond acceptors (Lipinski definition) is 3. The van der Waals surface area contributed by atoms with Crippen LogP contribution in [-0.4, -0.2) is 22.7 Å². The van der Waals surface area contributed by atoms with Gasteiger partial charge in [0.05, 0.1) is 17.8 Å². The Morgan fingerprint density at radius 1 is 1.50 bits per heavy atom. The molecule has 0 saturated carbocycles. The highest BCUT2D eigenvalue weighted by Gasteiger charge is 2.20. The van der Waals surface area contributed by atoms with Crippen LogP contribution in [0.5, 0.6) is 5.75 Å². The Balaban J connectivity index is 2.47. The minimum Gasteiger partial charge on any atom is -0.493 e. The number of ether oxygens (including phenoxy) is 1. The molecule has 0 fully saturated rings. The van der Waals surface area contributed by atoms with Crippen molar-refractivity contribution in [3.05, 3.63) is 45.9 Å². The number of halogens is 2. The summed E-state index contributed by atoms with van der Waals surface area (Å²) in [6.45, 7) is 0. The van der Waals surface area contributed by atoms with E-state index in [0.29, 0.717) is 15.9 Å². The Morgan fingerprint density at radius 3 is 2.83 bits per heavy atom. The first-order valence-corrected chi connectivity index (χ1v) is 5.89. The fourth-order valence-electron chi connectivity index (χ4n) is 1.60. The van der Waals surface area contributed by atoms with E-state index >= 15 is 0 Å². The van der Waals surface area contributed by atoms with Gasteiger partial charge in [0.1, 0.15) is 5.82 Å². The number of hydrogen-bond donors (Lipinski definition) is 0. The summed E-state index contributed by atoms with van der Waals surface area (Å²) in [5.74, 6) is -0.453. The van der Waals surface area contributed by atoms with E-state index in [4.69, 9.17) is 4.74 Å². The van der Waals surface area contributed by atoms with E-state index < -0.39 is 5.82 Å². The van der Waals surface area contributed by atoms with E-state index in [1.807, 2.05) is 0 Å². The van der Waals surface area contributed by atoms with Crippen LogP contribution in [0.1, 0.15) is 16.1 Å². The molecule has 0 amide bonds. The van der Waals surface area contributed by atoms with Gasteiger partial charge in [0.15, 0.2) is 11.4 Å². The van der Waals surface area contributed by atoms with Gasteiger partial charge in [0.25, 0.3) is 0 Å². The number of aromatic nitrogens is 2. The molecule has 0 N–H and O–H groups in total. The van der Waals surface area contributed by atoms with Gasteiger partial charge >= 0.3 is 0 Å². The zero-order valence-corrected chi connectivity index (χ0v) is 11.4. The lowest BCUT2D eigenvalue weighted by Gasteiger charge is -2.05. The smallest absolute Gasteiger partial charge is 0.214 e. The average Bonchev–Trinajstić information content (AvgIpc) is 2.73. The van der Waals surface area contributed by atoms with Crippen molar-refractivity contribution in [3.8, 4) is 5.75 Å². The van der Waals surface area contributed by atoms with Crippen molar-refractivity contribution >= 4 is 21.7 Å². The lowest BCUT2D eigenvalue weighted by Crippen LogP contribution is -2.10. The molecule has 0 aliphatic carbocycles. The number of aryl methyl sites for hydroxylation is 1. The first kappa shape index (κ1) is 12.8. The molecule has 94 valence electrons. The van der Waals surface area contributed by atoms with Crippen molar-refractivity contribution in [1.29, 1.82) is 0 Å². The molecule has 0 radical (unpaired) electrons. The molecule has 4 nitrogen and oxygen atoms in total. The summed E-state index contributed by atoms with van der Waals surface area (Å²) in [6.07, 6.45) is 1.45. The van der Waals surface area contributed by atoms with Crippen molar-refractivity contribution in [3.63, 3.8) is 0 Å². The van der Waals surface area contributed by atoms with Gasteiger partial charge in [0.2, 0.25) is 5.78 Å². The topological polar surface area (TPSA) is 44.1 Å². The zero-order chi connectivity index (χ0) is 13.3. The van der Waals surface area contributed by atoms with Gasteiger partial charge in [-0.2, -0.15) is 5.10 Å². The molecule has 0 aliphatic heterocycles. The van der Waals surface area contributed by atoms with Gasteiger partial charge in [-0.25, -0.2) is 4.39 Å². The Labute approximate surface area is 111 Å². The van der Waals surface area contributed by atoms with Crippen LogP contribution in [-0.2, 0) is 7.05 Å². The quantitative estimate of drug-likeness (QED) is 0.818. The minimum absolute atomic E-state index is 0.248. The largest absolute Gasteiger partial charge is 0.493 e. The maximum absolute atomic E-state index is 13.4. The summed E-state index contributed by atoms with van der Waals surface area (Å²) in [4.78, 5) is 12.2. The molecule has 1 heterocycles. The lowest BCUT2D eigenvalue weighted by atomic mass is 10.1. The van der Waals surface area contributed by atoms with E-state index in [1.54, 1.807) is 13.1 Å². The monoisotopic (exact) mass is 312 g/mol. The summed E-state index contributed by atoms with van der Waals surface area (Å²) >= 11 is 3.04. The fraction of sp³-hybridized carbons (Fsp3) is 0.167. The Bertz CT molecular complexity index is 610. The summed E-state index contributed by atoms with van der Waals surface area (Å²) in [7, 11) is 3.08. The molecule has 0 spiro atoms. The number of carbonyl (C=O) groups excluding carboxylic acids is 1. The molecule has 0 saturated heterocycles. The van der Waals surface area contributed by atoms with Crippen LogP contribution in [0, 0.1) is 5.82 Å². The number of rotatable bonds is 3. The number of carbonyl (C=O) groups is 1. The molecule has 0 atom stereocenters. The molecular weight excluding hydrogens is 303 g/mol. The molecular formula is C12H10BrFN2O2. The predicted octanol–water partition coefficient (Wildman–Crippen LogP) is 2.56. The second-order valence-corrected chi connectivity index (χ2v) is 4.50. The highest BCUT2D eigenvalue weighted by Crippen LogP contribution is 2.23. The molecule has 1 aromatic heterocycles. The molecule has 6 heteroatoms. The van der Waals surface area contributed by atoms with E-state index in [-0.39, 0.29) is 11.3 Å². The molecule has 0 aliphatic rings. The van der Waals surface area contributed by atoms with Crippen LogP contribution < -0.4 is 4.74 Å². The zero-order valence-electron chi connectivity index (χ0n) is 9.78. The van der Waals surface area contributed by atoms with Crippen LogP contribution >= 0.6 is 15.9 Å². The van der Waals surface area contributed by atoms with Gasteiger partial charge in [0, 0.05) is 12.6 Å². The van der Waals surface area contributed by atoms with E-state index in [2.05, 4.69) is 21.0 Å². The number of ketones is 1. The SMILES string of the molecule is COc1cnn(C)c1C(=O)c1ccc(Br)c(F)c1. The number of nitrogens with zero attached hydrogens (tertiary/aromatic N) is 2. The first-order chi connectivity index (χ1) is 8.54. The lowest BCUT2D eigenvalue weighted by molar-refractivity contribution is 0.102. The summed E-state index contributed by atoms with van der Waals surface area (Å²) in [5, 5.41) is 3.94. The van der Waals surface area contributed by atoms with Crippen molar-refractivity contribution in [2.75, 3.05) is 7.11 Å². The van der Waals surface area contributed by atoms with E-state index in [9.17, 15) is 9.18 Å². The third-order valence-corrected chi connectivity index (χ3v) is 3.17. The Hall–Kier alpha value is -1.69. The second kappa shape index (κ2) is 4.89. The standard InChI is InChI=1S/C12H10BrFN2O2/c1-16-11(10(18-2)6-15-16)12(17)7-3-4-8(13)9(14)5-7/h3-6H,1-2H3. The van der Waals surface area contributed by atoms with Crippen LogP contribution in [0.25, 0.3) is 0 Å². The molecule has 2 rings (SSSR count). The van der Waals surface area contributed by atoms with E-state index in [0.717, 1.165) is 0 Å². The third-order valence-electron chi connectivity index (χ3n) is 2.52. The number of benzene rings is 1. The Morgan fingerprint density at radius 2 is 2.22 bits per heavy atom. The van der Waals surface area contributed by atoms with E-state index in [1.165, 1.54) is 30.1 Å². The summed E-state index contributed by atoms with van der Waals surface area (Å²) in [5.41, 5.74) is 0.539. The molecule has 2 aromatic rings. The van der Waals surface area contributed by atoms with Crippen LogP contribution in [0.4, 0.5) is 4.39 Å². The predicted molar refractivity (Wildman–Crippen MR) is 67.3 cm³/mol. The van der Waals surface area contributed by atoms with Gasteiger partial charge in [-0.1, -0.05) is 0 Å². The summed E-state index contributed by atoms with van der Waals surface area (Å²) < 4.78 is 20.2. The Kier molecular flexibility index (Phi) is 3.47. The van der Waals surface area contributed by atoms with Gasteiger partial charge in [-0.05, 0) is 34.1 Å². The molecule has 18 heavy (non-hydrogen) atoms. The van der Waals surface area contributed by atoms with Crippen LogP contribution in [0.3, 0.4) is 0 Å². The average molecular weight is 313 g/mol. The molecule has 0 unspecified atom stereocenters. The first-order valence-electron chi connectivity index (χ1n) is 5.10. The normalized spacial score (nSPS) is 10.4. The molecule has 1 aromatic carbocycles. The van der Waals surface area contributed by atoms with Crippen molar-refractivity contribution in [2.24, 2.45) is 7.05 Å². The maximum atomic E-state index is 13.4. The van der Waals surface area contributed by atoms with Crippen LogP contribution in [0.15, 0.2) is 28.9 Å².